The predicted molar refractivity (Wildman–Crippen MR) is 50.2 cm³/mol. The van der Waals surface area contributed by atoms with Gasteiger partial charge in [-0.1, -0.05) is 6.92 Å². The van der Waals surface area contributed by atoms with Gasteiger partial charge in [-0.15, -0.1) is 0 Å². The number of aliphatic hydroxyl groups is 1. The first-order valence-electron chi connectivity index (χ1n) is 4.83. The molecule has 1 fully saturated rings. The van der Waals surface area contributed by atoms with Crippen molar-refractivity contribution >= 4 is 6.03 Å². The van der Waals surface area contributed by atoms with Gasteiger partial charge in [0.25, 0.3) is 0 Å². The van der Waals surface area contributed by atoms with Crippen LogP contribution in [0.2, 0.25) is 0 Å². The molecule has 0 aromatic carbocycles. The molecule has 0 spiro atoms. The molecule has 0 aliphatic carbocycles. The van der Waals surface area contributed by atoms with Crippen LogP contribution in [0.5, 0.6) is 0 Å². The summed E-state index contributed by atoms with van der Waals surface area (Å²) in [5, 5.41) is 8.86. The van der Waals surface area contributed by atoms with Gasteiger partial charge in [0.05, 0.1) is 0 Å². The summed E-state index contributed by atoms with van der Waals surface area (Å²) in [6.45, 7) is 2.97. The van der Waals surface area contributed by atoms with Gasteiger partial charge in [-0.3, -0.25) is 0 Å². The number of hydrogen-bond donors (Lipinski definition) is 2. The fraction of sp³-hybridized carbons (Fsp3) is 0.889. The Balaban J connectivity index is 2.62. The predicted octanol–water partition coefficient (Wildman–Crippen LogP) is 0.548. The first kappa shape index (κ1) is 10.3. The Bertz CT molecular complexity index is 184. The van der Waals surface area contributed by atoms with Gasteiger partial charge in [0.2, 0.25) is 0 Å². The lowest BCUT2D eigenvalue weighted by molar-refractivity contribution is 0.104. The molecule has 13 heavy (non-hydrogen) atoms. The maximum atomic E-state index is 11.1. The minimum Gasteiger partial charge on any atom is -0.396 e. The van der Waals surface area contributed by atoms with E-state index in [-0.39, 0.29) is 18.7 Å². The summed E-state index contributed by atoms with van der Waals surface area (Å²) in [5.41, 5.74) is 5.26. The van der Waals surface area contributed by atoms with Crippen LogP contribution in [-0.4, -0.2) is 35.2 Å². The number of urea groups is 1. The molecule has 3 N–H and O–H groups in total. The summed E-state index contributed by atoms with van der Waals surface area (Å²) in [7, 11) is 0. The van der Waals surface area contributed by atoms with Gasteiger partial charge in [0.15, 0.2) is 0 Å². The molecule has 2 amide bonds. The highest BCUT2D eigenvalue weighted by Crippen LogP contribution is 2.24. The molecule has 1 aliphatic heterocycles. The van der Waals surface area contributed by atoms with E-state index in [1.165, 1.54) is 0 Å². The van der Waals surface area contributed by atoms with Crippen molar-refractivity contribution in [1.82, 2.24) is 4.90 Å². The van der Waals surface area contributed by atoms with E-state index in [2.05, 4.69) is 6.92 Å². The normalized spacial score (nSPS) is 28.9. The van der Waals surface area contributed by atoms with Crippen molar-refractivity contribution in [2.45, 2.75) is 32.2 Å². The highest BCUT2D eigenvalue weighted by atomic mass is 16.3. The van der Waals surface area contributed by atoms with E-state index in [1.54, 1.807) is 4.90 Å². The molecule has 0 bridgehead atoms. The molecule has 0 aromatic heterocycles. The van der Waals surface area contributed by atoms with Crippen molar-refractivity contribution in [3.05, 3.63) is 0 Å². The molecule has 0 aromatic rings. The number of nitrogens with zero attached hydrogens (tertiary/aromatic N) is 1. The molecule has 1 rings (SSSR count). The molecule has 76 valence electrons. The second-order valence-electron chi connectivity index (χ2n) is 3.73. The van der Waals surface area contributed by atoms with Gasteiger partial charge in [-0.2, -0.15) is 0 Å². The summed E-state index contributed by atoms with van der Waals surface area (Å²) >= 11 is 0. The third kappa shape index (κ3) is 2.34. The average Bonchev–Trinajstić information content (AvgIpc) is 2.08. The van der Waals surface area contributed by atoms with Crippen molar-refractivity contribution in [1.29, 1.82) is 0 Å². The van der Waals surface area contributed by atoms with E-state index in [1.807, 2.05) is 0 Å². The third-order valence-corrected chi connectivity index (χ3v) is 2.82. The zero-order chi connectivity index (χ0) is 9.84. The molecule has 2 unspecified atom stereocenters. The van der Waals surface area contributed by atoms with E-state index < -0.39 is 0 Å². The first-order valence-corrected chi connectivity index (χ1v) is 4.83. The zero-order valence-electron chi connectivity index (χ0n) is 8.07. The first-order chi connectivity index (χ1) is 6.16. The molecular weight excluding hydrogens is 168 g/mol. The van der Waals surface area contributed by atoms with Gasteiger partial charge in [0.1, 0.15) is 0 Å². The Kier molecular flexibility index (Phi) is 3.54. The van der Waals surface area contributed by atoms with Crippen LogP contribution in [0.1, 0.15) is 26.2 Å². The van der Waals surface area contributed by atoms with Crippen LogP contribution in [0, 0.1) is 5.92 Å². The number of piperidine rings is 1. The smallest absolute Gasteiger partial charge is 0.315 e. The SMILES string of the molecule is CC1CCCN(C(N)=O)C1CCO. The molecule has 1 saturated heterocycles. The summed E-state index contributed by atoms with van der Waals surface area (Å²) in [4.78, 5) is 12.7. The second kappa shape index (κ2) is 4.46. The average molecular weight is 186 g/mol. The molecule has 1 heterocycles. The van der Waals surface area contributed by atoms with E-state index in [0.29, 0.717) is 12.3 Å². The Morgan fingerprint density at radius 2 is 2.38 bits per heavy atom. The second-order valence-corrected chi connectivity index (χ2v) is 3.73. The molecule has 4 heteroatoms. The lowest BCUT2D eigenvalue weighted by Crippen LogP contribution is -2.50. The third-order valence-electron chi connectivity index (χ3n) is 2.82. The lowest BCUT2D eigenvalue weighted by Gasteiger charge is -2.38. The number of carbonyl (C=O) groups excluding carboxylic acids is 1. The van der Waals surface area contributed by atoms with E-state index in [4.69, 9.17) is 10.8 Å². The minimum atomic E-state index is -0.356. The van der Waals surface area contributed by atoms with Gasteiger partial charge < -0.3 is 15.7 Å². The van der Waals surface area contributed by atoms with Crippen molar-refractivity contribution in [3.63, 3.8) is 0 Å². The number of likely N-dealkylation sites (tertiary alicyclic amines) is 1. The lowest BCUT2D eigenvalue weighted by atomic mass is 9.89. The monoisotopic (exact) mass is 186 g/mol. The summed E-state index contributed by atoms with van der Waals surface area (Å²) < 4.78 is 0. The molecule has 1 aliphatic rings. The summed E-state index contributed by atoms with van der Waals surface area (Å²) in [5.74, 6) is 0.452. The summed E-state index contributed by atoms with van der Waals surface area (Å²) in [6.07, 6.45) is 2.78. The van der Waals surface area contributed by atoms with Crippen LogP contribution in [0.25, 0.3) is 0 Å². The van der Waals surface area contributed by atoms with Crippen LogP contribution in [0.3, 0.4) is 0 Å². The number of amides is 2. The van der Waals surface area contributed by atoms with Gasteiger partial charge in [-0.25, -0.2) is 4.79 Å². The minimum absolute atomic E-state index is 0.124. The Labute approximate surface area is 78.7 Å². The molecule has 2 atom stereocenters. The highest BCUT2D eigenvalue weighted by Gasteiger charge is 2.29. The molecule has 4 nitrogen and oxygen atoms in total. The van der Waals surface area contributed by atoms with Crippen LogP contribution in [0.15, 0.2) is 0 Å². The Morgan fingerprint density at radius 3 is 2.92 bits per heavy atom. The van der Waals surface area contributed by atoms with Crippen LogP contribution >= 0.6 is 0 Å². The number of carbonyl (C=O) groups is 1. The highest BCUT2D eigenvalue weighted by molar-refractivity contribution is 5.72. The fourth-order valence-electron chi connectivity index (χ4n) is 2.10. The number of nitrogens with two attached hydrogens (primary N) is 1. The Morgan fingerprint density at radius 1 is 1.69 bits per heavy atom. The topological polar surface area (TPSA) is 66.6 Å². The number of hydrogen-bond acceptors (Lipinski definition) is 2. The zero-order valence-corrected chi connectivity index (χ0v) is 8.07. The maximum absolute atomic E-state index is 11.1. The van der Waals surface area contributed by atoms with Gasteiger partial charge in [0, 0.05) is 19.2 Å². The van der Waals surface area contributed by atoms with Crippen molar-refractivity contribution < 1.29 is 9.90 Å². The Hall–Kier alpha value is -0.770. The molecule has 0 radical (unpaired) electrons. The van der Waals surface area contributed by atoms with Gasteiger partial charge >= 0.3 is 6.03 Å². The van der Waals surface area contributed by atoms with Crippen molar-refractivity contribution in [2.24, 2.45) is 11.7 Å². The maximum Gasteiger partial charge on any atom is 0.315 e. The van der Waals surface area contributed by atoms with E-state index in [0.717, 1.165) is 19.4 Å². The van der Waals surface area contributed by atoms with Gasteiger partial charge in [-0.05, 0) is 25.2 Å². The van der Waals surface area contributed by atoms with E-state index >= 15 is 0 Å². The van der Waals surface area contributed by atoms with E-state index in [9.17, 15) is 4.79 Å². The quantitative estimate of drug-likeness (QED) is 0.661. The number of primary amides is 1. The number of rotatable bonds is 2. The van der Waals surface area contributed by atoms with Crippen LogP contribution in [0.4, 0.5) is 4.79 Å². The number of aliphatic hydroxyl groups excluding tert-OH is 1. The fourth-order valence-corrected chi connectivity index (χ4v) is 2.10. The largest absolute Gasteiger partial charge is 0.396 e. The summed E-state index contributed by atoms with van der Waals surface area (Å²) in [6, 6.07) is -0.221. The molecular formula is C9H18N2O2. The van der Waals surface area contributed by atoms with Crippen LogP contribution in [-0.2, 0) is 0 Å². The van der Waals surface area contributed by atoms with Crippen molar-refractivity contribution in [3.8, 4) is 0 Å². The molecule has 0 saturated carbocycles. The van der Waals surface area contributed by atoms with Crippen LogP contribution < -0.4 is 5.73 Å². The standard InChI is InChI=1S/C9H18N2O2/c1-7-3-2-5-11(9(10)13)8(7)4-6-12/h7-8,12H,2-6H2,1H3,(H2,10,13). The van der Waals surface area contributed by atoms with Crippen molar-refractivity contribution in [2.75, 3.05) is 13.2 Å².